The third-order valence-electron chi connectivity index (χ3n) is 3.43. The number of benzene rings is 1. The number of hydrogen-bond acceptors (Lipinski definition) is 3. The second-order valence-electron chi connectivity index (χ2n) is 4.71. The minimum Gasteiger partial charge on any atom is -0.478 e. The highest BCUT2D eigenvalue weighted by Gasteiger charge is 2.18. The van der Waals surface area contributed by atoms with E-state index in [9.17, 15) is 4.79 Å². The standard InChI is InChI=1S/C13H14N2O3S/c16-12(17)8-3-4-10-11(6-8)15(13(19)14-10)7-9-2-1-5-18-9/h3-4,6,9H,1-2,5,7H2,(H,14,19)(H,16,17). The number of aromatic amines is 1. The Balaban J connectivity index is 2.05. The van der Waals surface area contributed by atoms with Crippen molar-refractivity contribution in [2.75, 3.05) is 6.61 Å². The van der Waals surface area contributed by atoms with Crippen LogP contribution in [0.2, 0.25) is 0 Å². The number of carboxylic acids is 1. The Morgan fingerprint density at radius 2 is 2.42 bits per heavy atom. The fourth-order valence-corrected chi connectivity index (χ4v) is 2.74. The van der Waals surface area contributed by atoms with Gasteiger partial charge in [-0.15, -0.1) is 0 Å². The minimum atomic E-state index is -0.933. The molecule has 1 atom stereocenters. The number of rotatable bonds is 3. The summed E-state index contributed by atoms with van der Waals surface area (Å²) in [7, 11) is 0. The molecule has 1 aliphatic heterocycles. The number of carboxylic acid groups (broad SMARTS) is 1. The van der Waals surface area contributed by atoms with Gasteiger partial charge in [-0.25, -0.2) is 4.79 Å². The van der Waals surface area contributed by atoms with Crippen molar-refractivity contribution in [2.24, 2.45) is 0 Å². The summed E-state index contributed by atoms with van der Waals surface area (Å²) in [5, 5.41) is 9.06. The molecule has 2 aromatic rings. The van der Waals surface area contributed by atoms with Gasteiger partial charge in [0.15, 0.2) is 4.77 Å². The number of aromatic nitrogens is 2. The highest BCUT2D eigenvalue weighted by Crippen LogP contribution is 2.20. The van der Waals surface area contributed by atoms with E-state index in [4.69, 9.17) is 22.1 Å². The van der Waals surface area contributed by atoms with Gasteiger partial charge in [-0.3, -0.25) is 0 Å². The predicted molar refractivity (Wildman–Crippen MR) is 73.1 cm³/mol. The highest BCUT2D eigenvalue weighted by atomic mass is 32.1. The predicted octanol–water partition coefficient (Wildman–Crippen LogP) is 2.58. The van der Waals surface area contributed by atoms with E-state index in [-0.39, 0.29) is 11.7 Å². The van der Waals surface area contributed by atoms with Crippen molar-refractivity contribution < 1.29 is 14.6 Å². The van der Waals surface area contributed by atoms with E-state index in [1.54, 1.807) is 18.2 Å². The smallest absolute Gasteiger partial charge is 0.335 e. The van der Waals surface area contributed by atoms with Crippen LogP contribution in [0.5, 0.6) is 0 Å². The maximum Gasteiger partial charge on any atom is 0.335 e. The molecule has 1 aromatic carbocycles. The Morgan fingerprint density at radius 1 is 1.58 bits per heavy atom. The Hall–Kier alpha value is -1.66. The second kappa shape index (κ2) is 4.79. The summed E-state index contributed by atoms with van der Waals surface area (Å²) in [6.45, 7) is 1.46. The van der Waals surface area contributed by atoms with E-state index in [1.165, 1.54) is 0 Å². The zero-order chi connectivity index (χ0) is 13.4. The lowest BCUT2D eigenvalue weighted by Gasteiger charge is -2.11. The number of nitrogens with one attached hydrogen (secondary N) is 1. The molecule has 0 spiro atoms. The zero-order valence-electron chi connectivity index (χ0n) is 10.3. The summed E-state index contributed by atoms with van der Waals surface area (Å²) < 4.78 is 8.14. The molecule has 2 N–H and O–H groups in total. The third-order valence-corrected chi connectivity index (χ3v) is 3.75. The van der Waals surface area contributed by atoms with Crippen LogP contribution in [0.4, 0.5) is 0 Å². The van der Waals surface area contributed by atoms with Crippen molar-refractivity contribution in [1.29, 1.82) is 0 Å². The number of fused-ring (bicyclic) bond motifs is 1. The van der Waals surface area contributed by atoms with Gasteiger partial charge in [-0.1, -0.05) is 0 Å². The van der Waals surface area contributed by atoms with E-state index in [0.29, 0.717) is 11.3 Å². The van der Waals surface area contributed by atoms with Crippen molar-refractivity contribution in [2.45, 2.75) is 25.5 Å². The summed E-state index contributed by atoms with van der Waals surface area (Å²) in [5.74, 6) is -0.933. The maximum absolute atomic E-state index is 11.0. The Labute approximate surface area is 114 Å². The van der Waals surface area contributed by atoms with Crippen molar-refractivity contribution >= 4 is 29.2 Å². The van der Waals surface area contributed by atoms with E-state index in [1.807, 2.05) is 4.57 Å². The van der Waals surface area contributed by atoms with Crippen molar-refractivity contribution in [3.63, 3.8) is 0 Å². The van der Waals surface area contributed by atoms with Gasteiger partial charge in [0, 0.05) is 6.61 Å². The first kappa shape index (κ1) is 12.4. The molecule has 1 aliphatic rings. The van der Waals surface area contributed by atoms with E-state index < -0.39 is 5.97 Å². The van der Waals surface area contributed by atoms with Crippen LogP contribution in [0.3, 0.4) is 0 Å². The Bertz CT molecular complexity index is 683. The number of carbonyl (C=O) groups is 1. The second-order valence-corrected chi connectivity index (χ2v) is 5.10. The lowest BCUT2D eigenvalue weighted by atomic mass is 10.2. The number of H-pyrrole nitrogens is 1. The molecule has 1 saturated heterocycles. The monoisotopic (exact) mass is 278 g/mol. The molecule has 19 heavy (non-hydrogen) atoms. The fraction of sp³-hybridized carbons (Fsp3) is 0.385. The minimum absolute atomic E-state index is 0.166. The average Bonchev–Trinajstić information content (AvgIpc) is 2.98. The highest BCUT2D eigenvalue weighted by molar-refractivity contribution is 7.71. The molecule has 1 aromatic heterocycles. The van der Waals surface area contributed by atoms with Crippen LogP contribution >= 0.6 is 12.2 Å². The third kappa shape index (κ3) is 2.29. The summed E-state index contributed by atoms with van der Waals surface area (Å²) >= 11 is 5.30. The van der Waals surface area contributed by atoms with Crippen LogP contribution in [0.1, 0.15) is 23.2 Å². The SMILES string of the molecule is O=C(O)c1ccc2[nH]c(=S)n(CC3CCCO3)c2c1. The number of imidazole rings is 1. The normalized spacial score (nSPS) is 19.1. The molecule has 0 aliphatic carbocycles. The number of hydrogen-bond donors (Lipinski definition) is 2. The Kier molecular flexibility index (Phi) is 3.12. The fourth-order valence-electron chi connectivity index (χ4n) is 2.46. The van der Waals surface area contributed by atoms with Crippen molar-refractivity contribution in [3.8, 4) is 0 Å². The van der Waals surface area contributed by atoms with Crippen LogP contribution < -0.4 is 0 Å². The molecule has 5 nitrogen and oxygen atoms in total. The van der Waals surface area contributed by atoms with Gasteiger partial charge in [-0.05, 0) is 43.3 Å². The van der Waals surface area contributed by atoms with Gasteiger partial charge >= 0.3 is 5.97 Å². The molecule has 1 fully saturated rings. The van der Waals surface area contributed by atoms with Crippen LogP contribution in [-0.4, -0.2) is 33.3 Å². The van der Waals surface area contributed by atoms with Crippen LogP contribution in [0.15, 0.2) is 18.2 Å². The molecule has 3 rings (SSSR count). The lowest BCUT2D eigenvalue weighted by molar-refractivity contribution is 0.0697. The lowest BCUT2D eigenvalue weighted by Crippen LogP contribution is -2.15. The largest absolute Gasteiger partial charge is 0.478 e. The van der Waals surface area contributed by atoms with Gasteiger partial charge in [0.1, 0.15) is 0 Å². The molecule has 2 heterocycles. The maximum atomic E-state index is 11.0. The zero-order valence-corrected chi connectivity index (χ0v) is 11.1. The average molecular weight is 278 g/mol. The molecular formula is C13H14N2O3S. The van der Waals surface area contributed by atoms with Gasteiger partial charge in [-0.2, -0.15) is 0 Å². The summed E-state index contributed by atoms with van der Waals surface area (Å²) in [6, 6.07) is 4.98. The summed E-state index contributed by atoms with van der Waals surface area (Å²) in [6.07, 6.45) is 2.26. The molecule has 0 amide bonds. The number of aromatic carboxylic acids is 1. The van der Waals surface area contributed by atoms with Crippen molar-refractivity contribution in [1.82, 2.24) is 9.55 Å². The first-order valence-electron chi connectivity index (χ1n) is 6.22. The Morgan fingerprint density at radius 3 is 3.11 bits per heavy atom. The van der Waals surface area contributed by atoms with E-state index >= 15 is 0 Å². The van der Waals surface area contributed by atoms with Gasteiger partial charge < -0.3 is 19.4 Å². The molecule has 0 radical (unpaired) electrons. The van der Waals surface area contributed by atoms with Crippen LogP contribution in [0, 0.1) is 4.77 Å². The molecule has 1 unspecified atom stereocenters. The summed E-state index contributed by atoms with van der Waals surface area (Å²) in [4.78, 5) is 14.1. The molecular weight excluding hydrogens is 264 g/mol. The van der Waals surface area contributed by atoms with Gasteiger partial charge in [0.25, 0.3) is 0 Å². The van der Waals surface area contributed by atoms with Gasteiger partial charge in [0.05, 0.1) is 29.2 Å². The number of ether oxygens (including phenoxy) is 1. The van der Waals surface area contributed by atoms with Crippen LogP contribution in [0.25, 0.3) is 11.0 Å². The summed E-state index contributed by atoms with van der Waals surface area (Å²) in [5.41, 5.74) is 1.94. The van der Waals surface area contributed by atoms with E-state index in [0.717, 1.165) is 30.5 Å². The van der Waals surface area contributed by atoms with Crippen molar-refractivity contribution in [3.05, 3.63) is 28.5 Å². The molecule has 100 valence electrons. The van der Waals surface area contributed by atoms with Gasteiger partial charge in [0.2, 0.25) is 0 Å². The first-order chi connectivity index (χ1) is 9.15. The van der Waals surface area contributed by atoms with E-state index in [2.05, 4.69) is 4.98 Å². The molecule has 6 heteroatoms. The molecule has 0 saturated carbocycles. The quantitative estimate of drug-likeness (QED) is 0.847. The molecule has 0 bridgehead atoms. The van der Waals surface area contributed by atoms with Crippen LogP contribution in [-0.2, 0) is 11.3 Å². The number of nitrogens with zero attached hydrogens (tertiary/aromatic N) is 1. The topological polar surface area (TPSA) is 67.2 Å². The first-order valence-corrected chi connectivity index (χ1v) is 6.63.